The van der Waals surface area contributed by atoms with Crippen LogP contribution in [0.5, 0.6) is 0 Å². The van der Waals surface area contributed by atoms with Crippen molar-refractivity contribution in [3.63, 3.8) is 0 Å². The number of carboxylic acid groups (broad SMARTS) is 2. The van der Waals surface area contributed by atoms with Crippen LogP contribution in [0, 0.1) is 5.82 Å². The second-order valence-corrected chi connectivity index (χ2v) is 7.76. The highest BCUT2D eigenvalue weighted by molar-refractivity contribution is 6.33. The fourth-order valence-corrected chi connectivity index (χ4v) is 3.07. The molecule has 3 rings (SSSR count). The molecule has 10 nitrogen and oxygen atoms in total. The summed E-state index contributed by atoms with van der Waals surface area (Å²) in [6.07, 6.45) is -3.75. The minimum atomic E-state index is -5.08. The van der Waals surface area contributed by atoms with E-state index >= 15 is 0 Å². The van der Waals surface area contributed by atoms with Crippen LogP contribution in [0.3, 0.4) is 0 Å². The number of nitrogens with zero attached hydrogens (tertiary/aromatic N) is 3. The molecule has 2 atom stereocenters. The number of hydrogen-bond donors (Lipinski definition) is 4. The molecule has 2 heterocycles. The summed E-state index contributed by atoms with van der Waals surface area (Å²) >= 11 is 6.16. The van der Waals surface area contributed by atoms with Crippen LogP contribution in [0.2, 0.25) is 5.02 Å². The number of aliphatic hydroxyl groups is 1. The summed E-state index contributed by atoms with van der Waals surface area (Å²) in [6, 6.07) is 1.26. The number of aliphatic hydroxyl groups excluding tert-OH is 1. The molecular weight excluding hydrogens is 504 g/mol. The van der Waals surface area contributed by atoms with E-state index in [4.69, 9.17) is 31.7 Å². The Morgan fingerprint density at radius 1 is 1.26 bits per heavy atom. The third kappa shape index (κ3) is 6.54. The standard InChI is InChI=1S/C18H18ClFN4O4.C2HF3O2/c1-8(7-25)22-18-21-5-13(19)15(23-18)10-3-11-12(14(20)4-10)6-24(16(11)26)9(2)17(27)28;3-2(4,5)1(6)7/h3-5,8-9,25H,6-7H2,1-2H3,(H,27,28)(H,21,22,23);(H,6,7). The van der Waals surface area contributed by atoms with Crippen molar-refractivity contribution in [1.82, 2.24) is 14.9 Å². The lowest BCUT2D eigenvalue weighted by Crippen LogP contribution is -2.38. The lowest BCUT2D eigenvalue weighted by Gasteiger charge is -2.19. The molecular formula is C20H19ClF4N4O6. The number of hydrogen-bond acceptors (Lipinski definition) is 7. The number of rotatable bonds is 6. The molecule has 0 spiro atoms. The van der Waals surface area contributed by atoms with E-state index in [1.54, 1.807) is 6.92 Å². The number of fused-ring (bicyclic) bond motifs is 1. The van der Waals surface area contributed by atoms with Gasteiger partial charge in [-0.3, -0.25) is 4.79 Å². The first kappa shape index (κ1) is 27.7. The summed E-state index contributed by atoms with van der Waals surface area (Å²) in [5, 5.41) is 28.4. The zero-order chi connectivity index (χ0) is 26.7. The Hall–Kier alpha value is -3.52. The average Bonchev–Trinajstić information content (AvgIpc) is 3.11. The summed E-state index contributed by atoms with van der Waals surface area (Å²) in [5.74, 6) is -4.95. The van der Waals surface area contributed by atoms with Crippen molar-refractivity contribution >= 4 is 35.4 Å². The fourth-order valence-electron chi connectivity index (χ4n) is 2.87. The van der Waals surface area contributed by atoms with E-state index in [0.717, 1.165) is 4.90 Å². The topological polar surface area (TPSA) is 153 Å². The highest BCUT2D eigenvalue weighted by Crippen LogP contribution is 2.34. The number of aromatic nitrogens is 2. The smallest absolute Gasteiger partial charge is 0.480 e. The highest BCUT2D eigenvalue weighted by Gasteiger charge is 2.38. The van der Waals surface area contributed by atoms with Gasteiger partial charge in [-0.05, 0) is 26.0 Å². The molecule has 0 radical (unpaired) electrons. The number of carbonyl (C=O) groups is 3. The Labute approximate surface area is 200 Å². The van der Waals surface area contributed by atoms with Crippen molar-refractivity contribution in [2.24, 2.45) is 0 Å². The predicted octanol–water partition coefficient (Wildman–Crippen LogP) is 2.79. The molecule has 0 saturated heterocycles. The number of anilines is 1. The largest absolute Gasteiger partial charge is 0.490 e. The first-order valence-corrected chi connectivity index (χ1v) is 10.1. The van der Waals surface area contributed by atoms with Crippen molar-refractivity contribution in [2.75, 3.05) is 11.9 Å². The highest BCUT2D eigenvalue weighted by atomic mass is 35.5. The van der Waals surface area contributed by atoms with Gasteiger partial charge in [-0.2, -0.15) is 13.2 Å². The number of carboxylic acids is 2. The normalized spacial score (nSPS) is 14.5. The number of alkyl halides is 3. The maximum Gasteiger partial charge on any atom is 0.490 e. The molecule has 0 bridgehead atoms. The van der Waals surface area contributed by atoms with Crippen LogP contribution in [0.25, 0.3) is 11.3 Å². The Bertz CT molecular complexity index is 1150. The van der Waals surface area contributed by atoms with E-state index in [0.29, 0.717) is 0 Å². The van der Waals surface area contributed by atoms with E-state index in [1.807, 2.05) is 0 Å². The van der Waals surface area contributed by atoms with Gasteiger partial charge in [0.1, 0.15) is 11.9 Å². The van der Waals surface area contributed by atoms with Crippen LogP contribution in [-0.4, -0.2) is 72.9 Å². The molecule has 0 aliphatic carbocycles. The first-order valence-electron chi connectivity index (χ1n) is 9.74. The number of amides is 1. The number of carbonyl (C=O) groups excluding carboxylic acids is 1. The van der Waals surface area contributed by atoms with E-state index in [2.05, 4.69) is 15.3 Å². The van der Waals surface area contributed by atoms with Gasteiger partial charge in [0.2, 0.25) is 5.95 Å². The molecule has 1 aliphatic heterocycles. The predicted molar refractivity (Wildman–Crippen MR) is 113 cm³/mol. The van der Waals surface area contributed by atoms with Gasteiger partial charge in [-0.1, -0.05) is 11.6 Å². The minimum absolute atomic E-state index is 0.0796. The van der Waals surface area contributed by atoms with Crippen LogP contribution in [0.1, 0.15) is 29.8 Å². The summed E-state index contributed by atoms with van der Waals surface area (Å²) < 4.78 is 46.4. The van der Waals surface area contributed by atoms with Crippen LogP contribution in [-0.2, 0) is 16.1 Å². The van der Waals surface area contributed by atoms with Crippen LogP contribution >= 0.6 is 11.6 Å². The number of nitrogens with one attached hydrogen (secondary N) is 1. The van der Waals surface area contributed by atoms with Gasteiger partial charge in [-0.25, -0.2) is 23.9 Å². The first-order chi connectivity index (χ1) is 16.2. The summed E-state index contributed by atoms with van der Waals surface area (Å²) in [4.78, 5) is 42.1. The Kier molecular flexibility index (Phi) is 8.57. The Morgan fingerprint density at radius 2 is 1.86 bits per heavy atom. The SMILES string of the molecule is CC(CO)Nc1ncc(Cl)c(-c2cc(F)c3c(c2)C(=O)N(C(C)C(=O)O)C3)n1.O=C(O)C(F)(F)F. The molecule has 190 valence electrons. The van der Waals surface area contributed by atoms with Gasteiger partial charge in [0.15, 0.2) is 0 Å². The van der Waals surface area contributed by atoms with Gasteiger partial charge in [0.25, 0.3) is 5.91 Å². The Balaban J connectivity index is 0.000000540. The Morgan fingerprint density at radius 3 is 2.37 bits per heavy atom. The zero-order valence-electron chi connectivity index (χ0n) is 18.1. The summed E-state index contributed by atoms with van der Waals surface area (Å²) in [5.41, 5.74) is 0.695. The van der Waals surface area contributed by atoms with Crippen molar-refractivity contribution in [2.45, 2.75) is 38.7 Å². The number of benzene rings is 1. The molecule has 1 aliphatic rings. The zero-order valence-corrected chi connectivity index (χ0v) is 18.9. The summed E-state index contributed by atoms with van der Waals surface area (Å²) in [7, 11) is 0. The van der Waals surface area contributed by atoms with E-state index in [1.165, 1.54) is 25.3 Å². The van der Waals surface area contributed by atoms with Crippen molar-refractivity contribution in [3.05, 3.63) is 40.3 Å². The van der Waals surface area contributed by atoms with Gasteiger partial charge in [0.05, 0.1) is 30.1 Å². The second kappa shape index (κ2) is 10.8. The van der Waals surface area contributed by atoms with E-state index in [9.17, 15) is 27.2 Å². The monoisotopic (exact) mass is 522 g/mol. The van der Waals surface area contributed by atoms with Crippen molar-refractivity contribution in [3.8, 4) is 11.3 Å². The minimum Gasteiger partial charge on any atom is -0.480 e. The van der Waals surface area contributed by atoms with Crippen LogP contribution in [0.4, 0.5) is 23.5 Å². The van der Waals surface area contributed by atoms with E-state index in [-0.39, 0.29) is 52.5 Å². The van der Waals surface area contributed by atoms with Gasteiger partial charge in [-0.15, -0.1) is 0 Å². The number of aliphatic carboxylic acids is 2. The number of halogens is 5. The molecule has 2 unspecified atom stereocenters. The molecule has 0 saturated carbocycles. The molecule has 4 N–H and O–H groups in total. The summed E-state index contributed by atoms with van der Waals surface area (Å²) in [6.45, 7) is 2.84. The maximum atomic E-state index is 14.7. The van der Waals surface area contributed by atoms with E-state index < -0.39 is 35.9 Å². The molecule has 1 amide bonds. The van der Waals surface area contributed by atoms with Crippen LogP contribution in [0.15, 0.2) is 18.3 Å². The fraction of sp³-hybridized carbons (Fsp3) is 0.350. The third-order valence-electron chi connectivity index (χ3n) is 4.75. The molecule has 0 fully saturated rings. The quantitative estimate of drug-likeness (QED) is 0.419. The average molecular weight is 523 g/mol. The van der Waals surface area contributed by atoms with Gasteiger partial charge in [0, 0.05) is 22.7 Å². The van der Waals surface area contributed by atoms with Crippen LogP contribution < -0.4 is 5.32 Å². The molecule has 1 aromatic heterocycles. The lowest BCUT2D eigenvalue weighted by molar-refractivity contribution is -0.192. The van der Waals surface area contributed by atoms with Gasteiger partial charge >= 0.3 is 18.1 Å². The lowest BCUT2D eigenvalue weighted by atomic mass is 10.0. The van der Waals surface area contributed by atoms with Crippen molar-refractivity contribution in [1.29, 1.82) is 0 Å². The molecule has 35 heavy (non-hydrogen) atoms. The maximum absolute atomic E-state index is 14.7. The third-order valence-corrected chi connectivity index (χ3v) is 5.03. The van der Waals surface area contributed by atoms with Gasteiger partial charge < -0.3 is 25.5 Å². The molecule has 2 aromatic rings. The second-order valence-electron chi connectivity index (χ2n) is 7.35. The van der Waals surface area contributed by atoms with Crippen molar-refractivity contribution < 1.29 is 47.3 Å². The molecule has 15 heteroatoms. The molecule has 1 aromatic carbocycles.